The van der Waals surface area contributed by atoms with Gasteiger partial charge in [-0.2, -0.15) is 0 Å². The molecule has 0 unspecified atom stereocenters. The van der Waals surface area contributed by atoms with Crippen LogP contribution in [0.15, 0.2) is 82.0 Å². The van der Waals surface area contributed by atoms with Crippen LogP contribution in [0.5, 0.6) is 5.75 Å². The van der Waals surface area contributed by atoms with Gasteiger partial charge in [-0.25, -0.2) is 4.79 Å². The number of nitrogens with zero attached hydrogens (tertiary/aromatic N) is 1. The minimum Gasteiger partial charge on any atom is -0.492 e. The van der Waals surface area contributed by atoms with E-state index < -0.39 is 0 Å². The van der Waals surface area contributed by atoms with Crippen molar-refractivity contribution < 1.29 is 9.15 Å². The molecule has 1 aliphatic heterocycles. The standard InChI is InChI=1S/C25H23NO3/c27-25-13-11-19-10-12-22(15-24(19)29-25)28-17-21-8-4-14-26(21)16-20-7-3-6-18-5-1-2-9-23(18)20/h1-3,5-7,9-13,15,21H,4,8,14,16-17H2/t21-/m1/s1. The van der Waals surface area contributed by atoms with Gasteiger partial charge in [-0.15, -0.1) is 0 Å². The lowest BCUT2D eigenvalue weighted by atomic mass is 10.0. The molecule has 5 rings (SSSR count). The first-order valence-electron chi connectivity index (χ1n) is 10.1. The fourth-order valence-corrected chi connectivity index (χ4v) is 4.26. The third kappa shape index (κ3) is 3.76. The zero-order valence-electron chi connectivity index (χ0n) is 16.2. The maximum absolute atomic E-state index is 11.5. The molecule has 0 saturated carbocycles. The average Bonchev–Trinajstić information content (AvgIpc) is 3.19. The molecule has 1 fully saturated rings. The minimum atomic E-state index is -0.341. The summed E-state index contributed by atoms with van der Waals surface area (Å²) in [4.78, 5) is 14.0. The number of likely N-dealkylation sites (tertiary alicyclic amines) is 1. The number of hydrogen-bond donors (Lipinski definition) is 0. The van der Waals surface area contributed by atoms with E-state index in [9.17, 15) is 4.79 Å². The van der Waals surface area contributed by atoms with E-state index in [1.165, 1.54) is 28.8 Å². The van der Waals surface area contributed by atoms with E-state index in [2.05, 4.69) is 47.4 Å². The Morgan fingerprint density at radius 1 is 0.966 bits per heavy atom. The summed E-state index contributed by atoms with van der Waals surface area (Å²) in [6, 6.07) is 24.4. The smallest absolute Gasteiger partial charge is 0.336 e. The highest BCUT2D eigenvalue weighted by Crippen LogP contribution is 2.26. The summed E-state index contributed by atoms with van der Waals surface area (Å²) in [6.07, 6.45) is 2.32. The highest BCUT2D eigenvalue weighted by atomic mass is 16.5. The Kier molecular flexibility index (Phi) is 4.78. The Morgan fingerprint density at radius 2 is 1.83 bits per heavy atom. The lowest BCUT2D eigenvalue weighted by Crippen LogP contribution is -2.33. The van der Waals surface area contributed by atoms with Crippen LogP contribution in [0.25, 0.3) is 21.7 Å². The van der Waals surface area contributed by atoms with Crippen LogP contribution in [-0.4, -0.2) is 24.1 Å². The fraction of sp³-hybridized carbons (Fsp3) is 0.240. The first-order chi connectivity index (χ1) is 14.3. The van der Waals surface area contributed by atoms with Crippen molar-refractivity contribution in [3.8, 4) is 5.75 Å². The lowest BCUT2D eigenvalue weighted by Gasteiger charge is -2.25. The second-order valence-electron chi connectivity index (χ2n) is 7.67. The molecule has 0 bridgehead atoms. The van der Waals surface area contributed by atoms with E-state index >= 15 is 0 Å². The molecule has 4 heteroatoms. The monoisotopic (exact) mass is 385 g/mol. The predicted molar refractivity (Wildman–Crippen MR) is 115 cm³/mol. The summed E-state index contributed by atoms with van der Waals surface area (Å²) in [5.74, 6) is 0.740. The van der Waals surface area contributed by atoms with Crippen LogP contribution in [-0.2, 0) is 6.54 Å². The van der Waals surface area contributed by atoms with Gasteiger partial charge < -0.3 is 9.15 Å². The van der Waals surface area contributed by atoms with Crippen molar-refractivity contribution >= 4 is 21.7 Å². The molecule has 3 aromatic carbocycles. The van der Waals surface area contributed by atoms with Gasteiger partial charge in [0.15, 0.2) is 0 Å². The van der Waals surface area contributed by atoms with Crippen LogP contribution in [0.4, 0.5) is 0 Å². The van der Waals surface area contributed by atoms with Gasteiger partial charge in [0.1, 0.15) is 17.9 Å². The van der Waals surface area contributed by atoms with E-state index in [0.717, 1.165) is 30.6 Å². The summed E-state index contributed by atoms with van der Waals surface area (Å²) in [5.41, 5.74) is 1.59. The van der Waals surface area contributed by atoms with E-state index in [1.54, 1.807) is 12.1 Å². The largest absolute Gasteiger partial charge is 0.492 e. The summed E-state index contributed by atoms with van der Waals surface area (Å²) in [7, 11) is 0. The zero-order valence-corrected chi connectivity index (χ0v) is 16.2. The van der Waals surface area contributed by atoms with Gasteiger partial charge in [-0.1, -0.05) is 42.5 Å². The average molecular weight is 385 g/mol. The van der Waals surface area contributed by atoms with Crippen LogP contribution in [0.1, 0.15) is 18.4 Å². The molecule has 0 radical (unpaired) electrons. The van der Waals surface area contributed by atoms with Crippen LogP contribution >= 0.6 is 0 Å². The van der Waals surface area contributed by atoms with Crippen molar-refractivity contribution in [3.05, 3.63) is 88.8 Å². The topological polar surface area (TPSA) is 42.7 Å². The number of hydrogen-bond acceptors (Lipinski definition) is 4. The summed E-state index contributed by atoms with van der Waals surface area (Å²) >= 11 is 0. The molecule has 1 saturated heterocycles. The molecule has 0 spiro atoms. The summed E-state index contributed by atoms with van der Waals surface area (Å²) in [6.45, 7) is 2.65. The van der Waals surface area contributed by atoms with Crippen molar-refractivity contribution in [2.75, 3.05) is 13.2 Å². The molecular formula is C25H23NO3. The van der Waals surface area contributed by atoms with Crippen LogP contribution in [0.3, 0.4) is 0 Å². The molecule has 1 aromatic heterocycles. The van der Waals surface area contributed by atoms with Crippen LogP contribution in [0, 0.1) is 0 Å². The minimum absolute atomic E-state index is 0.341. The molecule has 4 nitrogen and oxygen atoms in total. The van der Waals surface area contributed by atoms with Gasteiger partial charge in [-0.3, -0.25) is 4.90 Å². The van der Waals surface area contributed by atoms with Gasteiger partial charge >= 0.3 is 5.63 Å². The predicted octanol–water partition coefficient (Wildman–Crippen LogP) is 4.99. The molecule has 1 atom stereocenters. The van der Waals surface area contributed by atoms with Crippen molar-refractivity contribution in [1.82, 2.24) is 4.90 Å². The zero-order chi connectivity index (χ0) is 19.6. The molecule has 29 heavy (non-hydrogen) atoms. The Labute approximate surface area is 169 Å². The van der Waals surface area contributed by atoms with Gasteiger partial charge in [0.2, 0.25) is 0 Å². The Morgan fingerprint density at radius 3 is 2.79 bits per heavy atom. The van der Waals surface area contributed by atoms with Gasteiger partial charge in [0, 0.05) is 30.1 Å². The second-order valence-corrected chi connectivity index (χ2v) is 7.67. The Bertz CT molecular complexity index is 1210. The summed E-state index contributed by atoms with van der Waals surface area (Å²) in [5, 5.41) is 3.51. The lowest BCUT2D eigenvalue weighted by molar-refractivity contribution is 0.167. The maximum Gasteiger partial charge on any atom is 0.336 e. The highest BCUT2D eigenvalue weighted by Gasteiger charge is 2.25. The highest BCUT2D eigenvalue weighted by molar-refractivity contribution is 5.85. The van der Waals surface area contributed by atoms with Crippen molar-refractivity contribution in [3.63, 3.8) is 0 Å². The number of rotatable bonds is 5. The molecule has 0 aliphatic carbocycles. The molecule has 146 valence electrons. The molecule has 4 aromatic rings. The van der Waals surface area contributed by atoms with Crippen molar-refractivity contribution in [1.29, 1.82) is 0 Å². The van der Waals surface area contributed by atoms with E-state index in [0.29, 0.717) is 18.2 Å². The molecule has 0 amide bonds. The van der Waals surface area contributed by atoms with Crippen LogP contribution in [0.2, 0.25) is 0 Å². The first-order valence-corrected chi connectivity index (χ1v) is 10.1. The quantitative estimate of drug-likeness (QED) is 0.454. The molecule has 0 N–H and O–H groups in total. The van der Waals surface area contributed by atoms with Gasteiger partial charge in [0.25, 0.3) is 0 Å². The number of benzene rings is 3. The number of ether oxygens (including phenoxy) is 1. The van der Waals surface area contributed by atoms with E-state index in [1.807, 2.05) is 12.1 Å². The SMILES string of the molecule is O=c1ccc2ccc(OC[C@H]3CCCN3Cc3cccc4ccccc34)cc2o1. The van der Waals surface area contributed by atoms with E-state index in [-0.39, 0.29) is 5.63 Å². The van der Waals surface area contributed by atoms with E-state index in [4.69, 9.17) is 9.15 Å². The first kappa shape index (κ1) is 18.0. The van der Waals surface area contributed by atoms with Crippen molar-refractivity contribution in [2.45, 2.75) is 25.4 Å². The molecule has 1 aliphatic rings. The van der Waals surface area contributed by atoms with Crippen LogP contribution < -0.4 is 10.4 Å². The second kappa shape index (κ2) is 7.72. The van der Waals surface area contributed by atoms with Gasteiger partial charge in [0.05, 0.1) is 0 Å². The third-order valence-corrected chi connectivity index (χ3v) is 5.79. The molecular weight excluding hydrogens is 362 g/mol. The Hall–Kier alpha value is -3.11. The summed E-state index contributed by atoms with van der Waals surface area (Å²) < 4.78 is 11.4. The normalized spacial score (nSPS) is 17.2. The molecule has 2 heterocycles. The third-order valence-electron chi connectivity index (χ3n) is 5.79. The number of fused-ring (bicyclic) bond motifs is 2. The van der Waals surface area contributed by atoms with Crippen molar-refractivity contribution in [2.24, 2.45) is 0 Å². The Balaban J connectivity index is 1.30. The maximum atomic E-state index is 11.5. The van der Waals surface area contributed by atoms with Gasteiger partial charge in [-0.05, 0) is 53.9 Å². The fourth-order valence-electron chi connectivity index (χ4n) is 4.26.